The van der Waals surface area contributed by atoms with Gasteiger partial charge in [0.05, 0.1) is 0 Å². The zero-order chi connectivity index (χ0) is 17.5. The Kier molecular flexibility index (Phi) is 4.00. The number of halogens is 2. The number of nitrogens with zero attached hydrogens (tertiary/aromatic N) is 1. The number of hydrogen-bond donors (Lipinski definition) is 1. The van der Waals surface area contributed by atoms with Gasteiger partial charge in [-0.15, -0.1) is 0 Å². The number of sulfonamides is 1. The Morgan fingerprint density at radius 2 is 1.92 bits per heavy atom. The third-order valence-corrected chi connectivity index (χ3v) is 5.19. The topological polar surface area (TPSA) is 66.5 Å². The van der Waals surface area contributed by atoms with Crippen LogP contribution in [0.3, 0.4) is 0 Å². The van der Waals surface area contributed by atoms with Gasteiger partial charge in [0.25, 0.3) is 10.0 Å². The first kappa shape index (κ1) is 16.4. The molecule has 0 atom stereocenters. The van der Waals surface area contributed by atoms with Crippen LogP contribution in [-0.2, 0) is 21.2 Å². The van der Waals surface area contributed by atoms with Crippen LogP contribution in [0.1, 0.15) is 12.5 Å². The zero-order valence-corrected chi connectivity index (χ0v) is 13.5. The molecule has 1 aliphatic rings. The quantitative estimate of drug-likeness (QED) is 0.924. The number of benzene rings is 2. The minimum Gasteiger partial charge on any atom is -0.312 e. The van der Waals surface area contributed by atoms with E-state index in [1.807, 2.05) is 0 Å². The fraction of sp³-hybridized carbons (Fsp3) is 0.188. The van der Waals surface area contributed by atoms with E-state index in [1.54, 1.807) is 17.0 Å². The summed E-state index contributed by atoms with van der Waals surface area (Å²) < 4.78 is 53.7. The molecule has 0 radical (unpaired) electrons. The normalized spacial score (nSPS) is 13.7. The van der Waals surface area contributed by atoms with Gasteiger partial charge in [-0.3, -0.25) is 9.52 Å². The highest BCUT2D eigenvalue weighted by molar-refractivity contribution is 7.92. The Balaban J connectivity index is 1.92. The molecule has 2 aromatic carbocycles. The van der Waals surface area contributed by atoms with E-state index < -0.39 is 26.6 Å². The van der Waals surface area contributed by atoms with E-state index in [4.69, 9.17) is 0 Å². The van der Waals surface area contributed by atoms with Crippen molar-refractivity contribution in [2.75, 3.05) is 16.2 Å². The van der Waals surface area contributed by atoms with Crippen LogP contribution in [-0.4, -0.2) is 20.9 Å². The first-order valence-electron chi connectivity index (χ1n) is 7.17. The van der Waals surface area contributed by atoms with Crippen molar-refractivity contribution in [3.8, 4) is 0 Å². The first-order chi connectivity index (χ1) is 11.3. The van der Waals surface area contributed by atoms with Crippen molar-refractivity contribution >= 4 is 27.3 Å². The Hall–Kier alpha value is -2.48. The summed E-state index contributed by atoms with van der Waals surface area (Å²) in [6.45, 7) is 1.98. The van der Waals surface area contributed by atoms with Crippen LogP contribution in [0.15, 0.2) is 41.3 Å². The number of carbonyl (C=O) groups excluding carboxylic acids is 1. The lowest BCUT2D eigenvalue weighted by Crippen LogP contribution is -2.25. The van der Waals surface area contributed by atoms with E-state index >= 15 is 0 Å². The molecule has 0 aliphatic carbocycles. The number of amides is 1. The molecule has 1 N–H and O–H groups in total. The number of hydrogen-bond acceptors (Lipinski definition) is 3. The molecular formula is C16H14F2N2O3S. The van der Waals surface area contributed by atoms with Gasteiger partial charge in [-0.1, -0.05) is 0 Å². The molecule has 0 aromatic heterocycles. The van der Waals surface area contributed by atoms with Gasteiger partial charge in [-0.2, -0.15) is 0 Å². The van der Waals surface area contributed by atoms with Crippen molar-refractivity contribution in [2.45, 2.75) is 18.2 Å². The maximum absolute atomic E-state index is 13.7. The summed E-state index contributed by atoms with van der Waals surface area (Å²) in [7, 11) is -4.26. The molecule has 0 spiro atoms. The summed E-state index contributed by atoms with van der Waals surface area (Å²) in [5.41, 5.74) is 1.76. The molecule has 126 valence electrons. The molecule has 0 saturated carbocycles. The largest absolute Gasteiger partial charge is 0.312 e. The summed E-state index contributed by atoms with van der Waals surface area (Å²) in [6, 6.07) is 6.94. The smallest absolute Gasteiger partial charge is 0.264 e. The molecule has 0 fully saturated rings. The second kappa shape index (κ2) is 5.86. The molecule has 1 heterocycles. The number of nitrogens with one attached hydrogen (secondary N) is 1. The SMILES string of the molecule is CC(=O)N1CCc2cc(NS(=O)(=O)c3cc(F)ccc3F)ccc21. The lowest BCUT2D eigenvalue weighted by Gasteiger charge is -2.15. The van der Waals surface area contributed by atoms with Crippen LogP contribution in [0.5, 0.6) is 0 Å². The van der Waals surface area contributed by atoms with Gasteiger partial charge in [-0.05, 0) is 48.4 Å². The highest BCUT2D eigenvalue weighted by atomic mass is 32.2. The van der Waals surface area contributed by atoms with Crippen molar-refractivity contribution in [1.82, 2.24) is 0 Å². The summed E-state index contributed by atoms with van der Waals surface area (Å²) >= 11 is 0. The lowest BCUT2D eigenvalue weighted by atomic mass is 10.1. The summed E-state index contributed by atoms with van der Waals surface area (Å²) in [6.07, 6.45) is 0.596. The van der Waals surface area contributed by atoms with Crippen LogP contribution in [0.2, 0.25) is 0 Å². The van der Waals surface area contributed by atoms with E-state index in [9.17, 15) is 22.0 Å². The van der Waals surface area contributed by atoms with Crippen LogP contribution in [0.25, 0.3) is 0 Å². The molecular weight excluding hydrogens is 338 g/mol. The average Bonchev–Trinajstić information content (AvgIpc) is 2.92. The summed E-state index contributed by atoms with van der Waals surface area (Å²) in [5, 5.41) is 0. The molecule has 2 aromatic rings. The standard InChI is InChI=1S/C16H14F2N2O3S/c1-10(21)20-7-6-11-8-13(3-5-15(11)20)19-24(22,23)16-9-12(17)2-4-14(16)18/h2-5,8-9,19H,6-7H2,1H3. The van der Waals surface area contributed by atoms with E-state index in [0.29, 0.717) is 19.0 Å². The van der Waals surface area contributed by atoms with E-state index in [-0.39, 0.29) is 11.6 Å². The molecule has 8 heteroatoms. The zero-order valence-electron chi connectivity index (χ0n) is 12.7. The highest BCUT2D eigenvalue weighted by Gasteiger charge is 2.24. The third kappa shape index (κ3) is 2.96. The first-order valence-corrected chi connectivity index (χ1v) is 8.65. The van der Waals surface area contributed by atoms with Gasteiger partial charge in [-0.25, -0.2) is 17.2 Å². The molecule has 0 unspecified atom stereocenters. The van der Waals surface area contributed by atoms with Crippen molar-refractivity contribution in [3.05, 3.63) is 53.6 Å². The van der Waals surface area contributed by atoms with Crippen molar-refractivity contribution in [1.29, 1.82) is 0 Å². The molecule has 1 amide bonds. The average molecular weight is 352 g/mol. The van der Waals surface area contributed by atoms with Gasteiger partial charge < -0.3 is 4.90 Å². The van der Waals surface area contributed by atoms with Crippen LogP contribution < -0.4 is 9.62 Å². The number of rotatable bonds is 3. The number of carbonyl (C=O) groups is 1. The predicted molar refractivity (Wildman–Crippen MR) is 85.3 cm³/mol. The molecule has 24 heavy (non-hydrogen) atoms. The highest BCUT2D eigenvalue weighted by Crippen LogP contribution is 2.31. The second-order valence-electron chi connectivity index (χ2n) is 5.44. The van der Waals surface area contributed by atoms with Crippen molar-refractivity contribution < 1.29 is 22.0 Å². The summed E-state index contributed by atoms with van der Waals surface area (Å²) in [5.74, 6) is -1.97. The van der Waals surface area contributed by atoms with Gasteiger partial charge in [0.15, 0.2) is 0 Å². The lowest BCUT2D eigenvalue weighted by molar-refractivity contribution is -0.116. The fourth-order valence-corrected chi connectivity index (χ4v) is 3.83. The fourth-order valence-electron chi connectivity index (χ4n) is 2.69. The molecule has 1 aliphatic heterocycles. The molecule has 3 rings (SSSR count). The minimum atomic E-state index is -4.26. The van der Waals surface area contributed by atoms with Gasteiger partial charge >= 0.3 is 0 Å². The maximum atomic E-state index is 13.7. The number of fused-ring (bicyclic) bond motifs is 1. The van der Waals surface area contributed by atoms with E-state index in [0.717, 1.165) is 23.4 Å². The van der Waals surface area contributed by atoms with Crippen LogP contribution in [0, 0.1) is 11.6 Å². The third-order valence-electron chi connectivity index (χ3n) is 3.79. The monoisotopic (exact) mass is 352 g/mol. The van der Waals surface area contributed by atoms with E-state index in [1.165, 1.54) is 13.0 Å². The van der Waals surface area contributed by atoms with Gasteiger partial charge in [0.2, 0.25) is 5.91 Å². The molecule has 5 nitrogen and oxygen atoms in total. The predicted octanol–water partition coefficient (Wildman–Crippen LogP) is 2.67. The maximum Gasteiger partial charge on any atom is 0.264 e. The van der Waals surface area contributed by atoms with E-state index in [2.05, 4.69) is 4.72 Å². The Labute approximate surface area is 138 Å². The molecule has 0 bridgehead atoms. The van der Waals surface area contributed by atoms with Crippen LogP contribution in [0.4, 0.5) is 20.2 Å². The van der Waals surface area contributed by atoms with Crippen molar-refractivity contribution in [3.63, 3.8) is 0 Å². The second-order valence-corrected chi connectivity index (χ2v) is 7.10. The van der Waals surface area contributed by atoms with Gasteiger partial charge in [0.1, 0.15) is 16.5 Å². The Morgan fingerprint density at radius 3 is 2.62 bits per heavy atom. The van der Waals surface area contributed by atoms with Crippen LogP contribution >= 0.6 is 0 Å². The molecule has 0 saturated heterocycles. The Bertz CT molecular complexity index is 929. The summed E-state index contributed by atoms with van der Waals surface area (Å²) in [4.78, 5) is 12.4. The minimum absolute atomic E-state index is 0.0936. The Morgan fingerprint density at radius 1 is 1.17 bits per heavy atom. The van der Waals surface area contributed by atoms with Gasteiger partial charge in [0, 0.05) is 24.8 Å². The van der Waals surface area contributed by atoms with Crippen molar-refractivity contribution in [2.24, 2.45) is 0 Å². The number of anilines is 2.